The number of aromatic nitrogens is 2. The Bertz CT molecular complexity index is 958. The van der Waals surface area contributed by atoms with Gasteiger partial charge >= 0.3 is 0 Å². The first-order valence-electron chi connectivity index (χ1n) is 8.24. The van der Waals surface area contributed by atoms with Crippen LogP contribution in [0.5, 0.6) is 0 Å². The van der Waals surface area contributed by atoms with Crippen LogP contribution in [-0.4, -0.2) is 21.6 Å². The molecule has 0 saturated heterocycles. The van der Waals surface area contributed by atoms with Gasteiger partial charge in [0.05, 0.1) is 23.5 Å². The van der Waals surface area contributed by atoms with Gasteiger partial charge in [0.25, 0.3) is 11.8 Å². The van der Waals surface area contributed by atoms with Crippen LogP contribution in [0.25, 0.3) is 0 Å². The quantitative estimate of drug-likeness (QED) is 0.743. The van der Waals surface area contributed by atoms with E-state index in [0.717, 1.165) is 17.0 Å². The lowest BCUT2D eigenvalue weighted by Gasteiger charge is -2.10. The maximum Gasteiger partial charge on any atom is 0.255 e. The minimum Gasteiger partial charge on any atom is -0.366 e. The van der Waals surface area contributed by atoms with Crippen LogP contribution in [-0.2, 0) is 6.54 Å². The van der Waals surface area contributed by atoms with Crippen molar-refractivity contribution in [2.24, 2.45) is 5.73 Å². The van der Waals surface area contributed by atoms with Gasteiger partial charge < -0.3 is 11.1 Å². The fourth-order valence-electron chi connectivity index (χ4n) is 2.77. The summed E-state index contributed by atoms with van der Waals surface area (Å²) in [4.78, 5) is 23.9. The van der Waals surface area contributed by atoms with Gasteiger partial charge in [-0.15, -0.1) is 0 Å². The van der Waals surface area contributed by atoms with E-state index in [1.807, 2.05) is 36.7 Å². The Kier molecular flexibility index (Phi) is 4.84. The summed E-state index contributed by atoms with van der Waals surface area (Å²) in [5.41, 5.74) is 9.63. The highest BCUT2D eigenvalue weighted by atomic mass is 16.2. The predicted octanol–water partition coefficient (Wildman–Crippen LogP) is 2.90. The molecule has 6 heteroatoms. The van der Waals surface area contributed by atoms with E-state index < -0.39 is 5.91 Å². The average molecular weight is 348 g/mol. The van der Waals surface area contributed by atoms with E-state index in [1.54, 1.807) is 36.4 Å². The monoisotopic (exact) mass is 348 g/mol. The van der Waals surface area contributed by atoms with E-state index in [9.17, 15) is 9.59 Å². The first-order valence-corrected chi connectivity index (χ1v) is 8.24. The molecule has 3 rings (SSSR count). The SMILES string of the molecule is Cc1cc(C)n(Cc2ccc(C(=O)Nc3ccccc3C(N)=O)cc2)n1. The van der Waals surface area contributed by atoms with Crippen molar-refractivity contribution in [3.63, 3.8) is 0 Å². The predicted molar refractivity (Wildman–Crippen MR) is 100 cm³/mol. The lowest BCUT2D eigenvalue weighted by atomic mass is 10.1. The summed E-state index contributed by atoms with van der Waals surface area (Å²) in [5, 5.41) is 7.17. The zero-order valence-electron chi connectivity index (χ0n) is 14.7. The highest BCUT2D eigenvalue weighted by Gasteiger charge is 2.12. The van der Waals surface area contributed by atoms with Gasteiger partial charge in [-0.25, -0.2) is 0 Å². The fourth-order valence-corrected chi connectivity index (χ4v) is 2.77. The van der Waals surface area contributed by atoms with Crippen LogP contribution in [0.4, 0.5) is 5.69 Å². The summed E-state index contributed by atoms with van der Waals surface area (Å²) in [6, 6.07) is 16.0. The number of para-hydroxylation sites is 1. The van der Waals surface area contributed by atoms with E-state index in [0.29, 0.717) is 17.8 Å². The van der Waals surface area contributed by atoms with Crippen LogP contribution in [0.15, 0.2) is 54.6 Å². The van der Waals surface area contributed by atoms with Crippen LogP contribution in [0.2, 0.25) is 0 Å². The van der Waals surface area contributed by atoms with Crippen molar-refractivity contribution in [3.8, 4) is 0 Å². The van der Waals surface area contributed by atoms with E-state index in [1.165, 1.54) is 0 Å². The molecule has 26 heavy (non-hydrogen) atoms. The van der Waals surface area contributed by atoms with Crippen molar-refractivity contribution >= 4 is 17.5 Å². The standard InChI is InChI=1S/C20H20N4O2/c1-13-11-14(2)24(23-13)12-15-7-9-16(10-8-15)20(26)22-18-6-4-3-5-17(18)19(21)25/h3-11H,12H2,1-2H3,(H2,21,25)(H,22,26). The van der Waals surface area contributed by atoms with Crippen LogP contribution < -0.4 is 11.1 Å². The number of primary amides is 1. The molecule has 0 aliphatic rings. The van der Waals surface area contributed by atoms with Gasteiger partial charge in [0, 0.05) is 11.3 Å². The zero-order chi connectivity index (χ0) is 18.7. The average Bonchev–Trinajstić information content (AvgIpc) is 2.93. The highest BCUT2D eigenvalue weighted by Crippen LogP contribution is 2.16. The normalized spacial score (nSPS) is 10.5. The van der Waals surface area contributed by atoms with Gasteiger partial charge in [0.2, 0.25) is 0 Å². The van der Waals surface area contributed by atoms with Crippen molar-refractivity contribution in [3.05, 3.63) is 82.7 Å². The number of rotatable bonds is 5. The second-order valence-electron chi connectivity index (χ2n) is 6.15. The summed E-state index contributed by atoms with van der Waals surface area (Å²) < 4.78 is 1.92. The molecule has 132 valence electrons. The topological polar surface area (TPSA) is 90.0 Å². The molecule has 1 aromatic heterocycles. The molecule has 0 aliphatic carbocycles. The number of anilines is 1. The zero-order valence-corrected chi connectivity index (χ0v) is 14.7. The molecule has 0 unspecified atom stereocenters. The smallest absolute Gasteiger partial charge is 0.255 e. The Balaban J connectivity index is 1.73. The summed E-state index contributed by atoms with van der Waals surface area (Å²) in [6.07, 6.45) is 0. The second kappa shape index (κ2) is 7.23. The van der Waals surface area contributed by atoms with Crippen molar-refractivity contribution in [1.29, 1.82) is 0 Å². The first-order chi connectivity index (χ1) is 12.4. The van der Waals surface area contributed by atoms with Crippen molar-refractivity contribution in [1.82, 2.24) is 9.78 Å². The number of amides is 2. The Hall–Kier alpha value is -3.41. The van der Waals surface area contributed by atoms with E-state index in [2.05, 4.69) is 10.4 Å². The molecule has 0 fully saturated rings. The van der Waals surface area contributed by atoms with E-state index >= 15 is 0 Å². The van der Waals surface area contributed by atoms with E-state index in [4.69, 9.17) is 5.73 Å². The van der Waals surface area contributed by atoms with E-state index in [-0.39, 0.29) is 11.5 Å². The first kappa shape index (κ1) is 17.4. The Morgan fingerprint density at radius 2 is 1.77 bits per heavy atom. The van der Waals surface area contributed by atoms with Crippen LogP contribution in [0.1, 0.15) is 37.7 Å². The molecule has 0 spiro atoms. The number of aryl methyl sites for hydroxylation is 2. The summed E-state index contributed by atoms with van der Waals surface area (Å²) in [5.74, 6) is -0.877. The lowest BCUT2D eigenvalue weighted by Crippen LogP contribution is -2.18. The third-order valence-electron chi connectivity index (χ3n) is 4.09. The molecule has 0 atom stereocenters. The molecule has 3 N–H and O–H groups in total. The summed E-state index contributed by atoms with van der Waals surface area (Å²) in [6.45, 7) is 4.62. The number of benzene rings is 2. The molecule has 0 bridgehead atoms. The number of carbonyl (C=O) groups excluding carboxylic acids is 2. The van der Waals surface area contributed by atoms with Gasteiger partial charge in [-0.1, -0.05) is 24.3 Å². The molecule has 6 nitrogen and oxygen atoms in total. The van der Waals surface area contributed by atoms with Gasteiger partial charge in [-0.2, -0.15) is 5.10 Å². The Morgan fingerprint density at radius 1 is 1.08 bits per heavy atom. The molecule has 0 saturated carbocycles. The summed E-state index contributed by atoms with van der Waals surface area (Å²) >= 11 is 0. The van der Waals surface area contributed by atoms with Gasteiger partial charge in [-0.3, -0.25) is 14.3 Å². The minimum absolute atomic E-state index is 0.280. The molecule has 2 amide bonds. The summed E-state index contributed by atoms with van der Waals surface area (Å²) in [7, 11) is 0. The van der Waals surface area contributed by atoms with Crippen molar-refractivity contribution in [2.45, 2.75) is 20.4 Å². The number of carbonyl (C=O) groups is 2. The maximum absolute atomic E-state index is 12.4. The van der Waals surface area contributed by atoms with Gasteiger partial charge in [0.1, 0.15) is 0 Å². The number of nitrogens with zero attached hydrogens (tertiary/aromatic N) is 2. The fraction of sp³-hybridized carbons (Fsp3) is 0.150. The molecule has 3 aromatic rings. The molecule has 2 aromatic carbocycles. The molecular weight excluding hydrogens is 328 g/mol. The molecule has 1 heterocycles. The largest absolute Gasteiger partial charge is 0.366 e. The molecule has 0 aliphatic heterocycles. The number of nitrogens with one attached hydrogen (secondary N) is 1. The second-order valence-corrected chi connectivity index (χ2v) is 6.15. The third-order valence-corrected chi connectivity index (χ3v) is 4.09. The molecular formula is C20H20N4O2. The lowest BCUT2D eigenvalue weighted by molar-refractivity contribution is 0.100. The van der Waals surface area contributed by atoms with Crippen molar-refractivity contribution in [2.75, 3.05) is 5.32 Å². The van der Waals surface area contributed by atoms with Crippen LogP contribution in [0, 0.1) is 13.8 Å². The number of nitrogens with two attached hydrogens (primary N) is 1. The van der Waals surface area contributed by atoms with Gasteiger partial charge in [0.15, 0.2) is 0 Å². The number of hydrogen-bond donors (Lipinski definition) is 2. The highest BCUT2D eigenvalue weighted by molar-refractivity contribution is 6.08. The Labute approximate surface area is 151 Å². The maximum atomic E-state index is 12.4. The number of hydrogen-bond acceptors (Lipinski definition) is 3. The van der Waals surface area contributed by atoms with Gasteiger partial charge in [-0.05, 0) is 49.7 Å². The van der Waals surface area contributed by atoms with Crippen molar-refractivity contribution < 1.29 is 9.59 Å². The minimum atomic E-state index is -0.582. The Morgan fingerprint density at radius 3 is 2.38 bits per heavy atom. The van der Waals surface area contributed by atoms with Crippen LogP contribution >= 0.6 is 0 Å². The molecule has 0 radical (unpaired) electrons. The third kappa shape index (κ3) is 3.80. The van der Waals surface area contributed by atoms with Crippen LogP contribution in [0.3, 0.4) is 0 Å².